The van der Waals surface area contributed by atoms with Gasteiger partial charge in [0.2, 0.25) is 0 Å². The normalized spacial score (nSPS) is 12.9. The predicted molar refractivity (Wildman–Crippen MR) is 57.3 cm³/mol. The molecule has 0 bridgehead atoms. The molecule has 1 radical (unpaired) electrons. The van der Waals surface area contributed by atoms with E-state index in [2.05, 4.69) is 6.92 Å². The highest BCUT2D eigenvalue weighted by Crippen LogP contribution is 2.27. The average Bonchev–Trinajstić information content (AvgIpc) is 2.19. The smallest absolute Gasteiger partial charge is 0.123 e. The van der Waals surface area contributed by atoms with Gasteiger partial charge in [-0.1, -0.05) is 0 Å². The SMILES string of the molecule is [CH2]C(CO)c1cc(F)ccc1OC(C)C. The largest absolute Gasteiger partial charge is 0.491 e. The Balaban J connectivity index is 3.02. The van der Waals surface area contributed by atoms with Gasteiger partial charge in [-0.05, 0) is 39.0 Å². The van der Waals surface area contributed by atoms with Gasteiger partial charge in [-0.15, -0.1) is 0 Å². The first-order valence-corrected chi connectivity index (χ1v) is 4.94. The van der Waals surface area contributed by atoms with Crippen LogP contribution < -0.4 is 4.74 Å². The number of aliphatic hydroxyl groups is 1. The van der Waals surface area contributed by atoms with Crippen molar-refractivity contribution in [2.45, 2.75) is 25.9 Å². The van der Waals surface area contributed by atoms with Crippen LogP contribution >= 0.6 is 0 Å². The van der Waals surface area contributed by atoms with Crippen LogP contribution in [-0.4, -0.2) is 17.8 Å². The second-order valence-electron chi connectivity index (χ2n) is 3.73. The standard InChI is InChI=1S/C12H16FO2/c1-8(2)15-12-5-4-10(13)6-11(12)9(3)7-14/h4-6,8-9,14H,3,7H2,1-2H3. The maximum Gasteiger partial charge on any atom is 0.123 e. The minimum Gasteiger partial charge on any atom is -0.491 e. The summed E-state index contributed by atoms with van der Waals surface area (Å²) in [5, 5.41) is 9.00. The van der Waals surface area contributed by atoms with Crippen LogP contribution in [0, 0.1) is 12.7 Å². The average molecular weight is 211 g/mol. The molecule has 83 valence electrons. The molecule has 1 rings (SSSR count). The van der Waals surface area contributed by atoms with Gasteiger partial charge in [0.25, 0.3) is 0 Å². The molecule has 1 aromatic carbocycles. The van der Waals surface area contributed by atoms with E-state index in [1.165, 1.54) is 12.1 Å². The highest BCUT2D eigenvalue weighted by atomic mass is 19.1. The van der Waals surface area contributed by atoms with E-state index >= 15 is 0 Å². The summed E-state index contributed by atoms with van der Waals surface area (Å²) in [6.07, 6.45) is 0.0140. The van der Waals surface area contributed by atoms with E-state index in [1.54, 1.807) is 6.07 Å². The number of rotatable bonds is 4. The third kappa shape index (κ3) is 3.20. The van der Waals surface area contributed by atoms with Crippen LogP contribution in [0.15, 0.2) is 18.2 Å². The fourth-order valence-electron chi connectivity index (χ4n) is 1.30. The van der Waals surface area contributed by atoms with Crippen molar-refractivity contribution in [3.8, 4) is 5.75 Å². The summed E-state index contributed by atoms with van der Waals surface area (Å²) in [6, 6.07) is 4.26. The third-order valence-electron chi connectivity index (χ3n) is 1.99. The van der Waals surface area contributed by atoms with Gasteiger partial charge >= 0.3 is 0 Å². The molecule has 1 aromatic rings. The van der Waals surface area contributed by atoms with Crippen LogP contribution in [0.5, 0.6) is 5.75 Å². The van der Waals surface area contributed by atoms with Crippen LogP contribution in [0.4, 0.5) is 4.39 Å². The van der Waals surface area contributed by atoms with Gasteiger partial charge in [0.15, 0.2) is 0 Å². The number of aliphatic hydroxyl groups excluding tert-OH is 1. The fourth-order valence-corrected chi connectivity index (χ4v) is 1.30. The number of ether oxygens (including phenoxy) is 1. The quantitative estimate of drug-likeness (QED) is 0.829. The van der Waals surface area contributed by atoms with E-state index in [-0.39, 0.29) is 24.4 Å². The molecule has 1 atom stereocenters. The number of hydrogen-bond acceptors (Lipinski definition) is 2. The lowest BCUT2D eigenvalue weighted by atomic mass is 10.0. The number of hydrogen-bond donors (Lipinski definition) is 1. The van der Waals surface area contributed by atoms with Gasteiger partial charge in [0.05, 0.1) is 12.7 Å². The van der Waals surface area contributed by atoms with E-state index in [0.717, 1.165) is 0 Å². The molecule has 1 N–H and O–H groups in total. The van der Waals surface area contributed by atoms with Gasteiger partial charge in [0.1, 0.15) is 11.6 Å². The molecule has 0 saturated heterocycles. The van der Waals surface area contributed by atoms with E-state index < -0.39 is 0 Å². The molecule has 0 aliphatic heterocycles. The van der Waals surface area contributed by atoms with Crippen molar-refractivity contribution in [3.05, 3.63) is 36.5 Å². The Hall–Kier alpha value is -1.09. The van der Waals surface area contributed by atoms with Crippen LogP contribution in [0.3, 0.4) is 0 Å². The second-order valence-corrected chi connectivity index (χ2v) is 3.73. The van der Waals surface area contributed by atoms with Gasteiger partial charge in [-0.3, -0.25) is 0 Å². The third-order valence-corrected chi connectivity index (χ3v) is 1.99. The highest BCUT2D eigenvalue weighted by Gasteiger charge is 2.13. The Morgan fingerprint density at radius 1 is 1.47 bits per heavy atom. The Bertz CT molecular complexity index is 323. The van der Waals surface area contributed by atoms with Crippen molar-refractivity contribution in [3.63, 3.8) is 0 Å². The summed E-state index contributed by atoms with van der Waals surface area (Å²) in [7, 11) is 0. The molecule has 0 aliphatic rings. The minimum atomic E-state index is -0.366. The van der Waals surface area contributed by atoms with Crippen LogP contribution in [0.2, 0.25) is 0 Å². The van der Waals surface area contributed by atoms with E-state index in [0.29, 0.717) is 11.3 Å². The minimum absolute atomic E-state index is 0.0140. The van der Waals surface area contributed by atoms with Crippen LogP contribution in [0.25, 0.3) is 0 Å². The molecule has 15 heavy (non-hydrogen) atoms. The summed E-state index contributed by atoms with van der Waals surface area (Å²) in [5.41, 5.74) is 0.603. The molecule has 2 nitrogen and oxygen atoms in total. The molecule has 3 heteroatoms. The molecule has 0 aromatic heterocycles. The summed E-state index contributed by atoms with van der Waals surface area (Å²) in [4.78, 5) is 0. The van der Waals surface area contributed by atoms with Crippen LogP contribution in [-0.2, 0) is 0 Å². The van der Waals surface area contributed by atoms with E-state index in [4.69, 9.17) is 9.84 Å². The molecule has 0 heterocycles. The fraction of sp³-hybridized carbons (Fsp3) is 0.417. The lowest BCUT2D eigenvalue weighted by molar-refractivity contribution is 0.233. The zero-order valence-electron chi connectivity index (χ0n) is 9.03. The molecule has 0 fully saturated rings. The summed E-state index contributed by atoms with van der Waals surface area (Å²) >= 11 is 0. The Labute approximate surface area is 89.7 Å². The Kier molecular flexibility index (Phi) is 4.09. The maximum absolute atomic E-state index is 13.0. The van der Waals surface area contributed by atoms with Crippen molar-refractivity contribution >= 4 is 0 Å². The maximum atomic E-state index is 13.0. The van der Waals surface area contributed by atoms with E-state index in [1.807, 2.05) is 13.8 Å². The van der Waals surface area contributed by atoms with Gasteiger partial charge < -0.3 is 9.84 Å². The van der Waals surface area contributed by atoms with Gasteiger partial charge in [-0.25, -0.2) is 4.39 Å². The van der Waals surface area contributed by atoms with Crippen molar-refractivity contribution in [2.75, 3.05) is 6.61 Å². The second kappa shape index (κ2) is 5.12. The lowest BCUT2D eigenvalue weighted by Gasteiger charge is -2.17. The number of halogens is 1. The lowest BCUT2D eigenvalue weighted by Crippen LogP contribution is -2.10. The summed E-state index contributed by atoms with van der Waals surface area (Å²) in [5.74, 6) is -0.127. The molecule has 0 aliphatic carbocycles. The molecule has 0 spiro atoms. The first kappa shape index (κ1) is 12.0. The van der Waals surface area contributed by atoms with Crippen molar-refractivity contribution < 1.29 is 14.2 Å². The summed E-state index contributed by atoms with van der Waals surface area (Å²) in [6.45, 7) is 7.40. The number of benzene rings is 1. The molecule has 0 saturated carbocycles. The first-order chi connectivity index (χ1) is 7.04. The highest BCUT2D eigenvalue weighted by molar-refractivity contribution is 5.37. The van der Waals surface area contributed by atoms with Gasteiger partial charge in [-0.2, -0.15) is 0 Å². The Morgan fingerprint density at radius 3 is 2.67 bits per heavy atom. The summed E-state index contributed by atoms with van der Waals surface area (Å²) < 4.78 is 18.5. The van der Waals surface area contributed by atoms with Crippen molar-refractivity contribution in [2.24, 2.45) is 0 Å². The predicted octanol–water partition coefficient (Wildman–Crippen LogP) is 2.52. The Morgan fingerprint density at radius 2 is 2.13 bits per heavy atom. The zero-order chi connectivity index (χ0) is 11.4. The molecular formula is C12H16FO2. The molecule has 1 unspecified atom stereocenters. The van der Waals surface area contributed by atoms with Gasteiger partial charge in [0, 0.05) is 11.5 Å². The molecule has 0 amide bonds. The zero-order valence-corrected chi connectivity index (χ0v) is 9.03. The first-order valence-electron chi connectivity index (χ1n) is 4.94. The van der Waals surface area contributed by atoms with Crippen molar-refractivity contribution in [1.82, 2.24) is 0 Å². The van der Waals surface area contributed by atoms with E-state index in [9.17, 15) is 4.39 Å². The van der Waals surface area contributed by atoms with Crippen LogP contribution in [0.1, 0.15) is 25.3 Å². The molecular weight excluding hydrogens is 195 g/mol. The monoisotopic (exact) mass is 211 g/mol. The topological polar surface area (TPSA) is 29.5 Å². The van der Waals surface area contributed by atoms with Crippen molar-refractivity contribution in [1.29, 1.82) is 0 Å².